The van der Waals surface area contributed by atoms with E-state index in [4.69, 9.17) is 9.47 Å². The number of para-hydroxylation sites is 1. The van der Waals surface area contributed by atoms with E-state index in [1.807, 2.05) is 23.6 Å². The SMILES string of the molecule is COC(=O)[C@H](Cc1ccc(OCCN(C(=O)c2cccs2)c2cccc(F)c2)cc1)Nc1ccccc1C(=O)c1ccccc1. The Morgan fingerprint density at radius 2 is 1.62 bits per heavy atom. The molecule has 45 heavy (non-hydrogen) atoms. The maximum absolute atomic E-state index is 14.0. The van der Waals surface area contributed by atoms with Crippen molar-refractivity contribution in [1.29, 1.82) is 0 Å². The lowest BCUT2D eigenvalue weighted by molar-refractivity contribution is -0.141. The maximum Gasteiger partial charge on any atom is 0.328 e. The average Bonchev–Trinajstić information content (AvgIpc) is 3.62. The highest BCUT2D eigenvalue weighted by Gasteiger charge is 2.23. The van der Waals surface area contributed by atoms with Crippen molar-refractivity contribution in [2.45, 2.75) is 12.5 Å². The Morgan fingerprint density at radius 3 is 2.33 bits per heavy atom. The molecule has 0 fully saturated rings. The molecule has 0 spiro atoms. The van der Waals surface area contributed by atoms with Gasteiger partial charge in [-0.3, -0.25) is 9.59 Å². The third kappa shape index (κ3) is 8.01. The number of hydrogen-bond donors (Lipinski definition) is 1. The second-order valence-electron chi connectivity index (χ2n) is 10.1. The molecule has 0 saturated carbocycles. The van der Waals surface area contributed by atoms with Crippen molar-refractivity contribution in [2.24, 2.45) is 0 Å². The summed E-state index contributed by atoms with van der Waals surface area (Å²) < 4.78 is 25.0. The van der Waals surface area contributed by atoms with Crippen molar-refractivity contribution in [3.63, 3.8) is 0 Å². The number of carbonyl (C=O) groups is 3. The van der Waals surface area contributed by atoms with Gasteiger partial charge in [-0.2, -0.15) is 0 Å². The summed E-state index contributed by atoms with van der Waals surface area (Å²) in [7, 11) is 1.32. The number of rotatable bonds is 13. The number of ether oxygens (including phenoxy) is 2. The quantitative estimate of drug-likeness (QED) is 0.112. The van der Waals surface area contributed by atoms with Crippen LogP contribution in [-0.2, 0) is 16.0 Å². The third-order valence-corrected chi connectivity index (χ3v) is 7.92. The van der Waals surface area contributed by atoms with Crippen LogP contribution < -0.4 is 15.0 Å². The summed E-state index contributed by atoms with van der Waals surface area (Å²) in [5.41, 5.74) is 2.81. The number of esters is 1. The summed E-state index contributed by atoms with van der Waals surface area (Å²) in [4.78, 5) is 41.2. The van der Waals surface area contributed by atoms with E-state index in [0.29, 0.717) is 39.5 Å². The maximum atomic E-state index is 14.0. The molecule has 0 bridgehead atoms. The van der Waals surface area contributed by atoms with Crippen molar-refractivity contribution in [3.05, 3.63) is 148 Å². The van der Waals surface area contributed by atoms with Crippen LogP contribution >= 0.6 is 11.3 Å². The van der Waals surface area contributed by atoms with Gasteiger partial charge in [0.1, 0.15) is 24.2 Å². The van der Waals surface area contributed by atoms with Crippen molar-refractivity contribution < 1.29 is 28.2 Å². The molecule has 1 N–H and O–H groups in total. The molecule has 228 valence electrons. The first kappa shape index (κ1) is 31.2. The highest BCUT2D eigenvalue weighted by Crippen LogP contribution is 2.23. The summed E-state index contributed by atoms with van der Waals surface area (Å²) in [6.45, 7) is 0.378. The normalized spacial score (nSPS) is 11.3. The largest absolute Gasteiger partial charge is 0.492 e. The third-order valence-electron chi connectivity index (χ3n) is 7.07. The molecule has 1 amide bonds. The van der Waals surface area contributed by atoms with Crippen LogP contribution in [0.2, 0.25) is 0 Å². The lowest BCUT2D eigenvalue weighted by Crippen LogP contribution is -2.34. The van der Waals surface area contributed by atoms with Crippen molar-refractivity contribution >= 4 is 40.4 Å². The fourth-order valence-electron chi connectivity index (χ4n) is 4.81. The first-order chi connectivity index (χ1) is 21.9. The molecule has 0 radical (unpaired) electrons. The van der Waals surface area contributed by atoms with E-state index >= 15 is 0 Å². The number of thiophene rings is 1. The van der Waals surface area contributed by atoms with Gasteiger partial charge >= 0.3 is 5.97 Å². The minimum absolute atomic E-state index is 0.156. The molecule has 0 aliphatic carbocycles. The summed E-state index contributed by atoms with van der Waals surface area (Å²) in [5, 5.41) is 5.03. The zero-order chi connectivity index (χ0) is 31.6. The Balaban J connectivity index is 1.24. The molecule has 0 unspecified atom stereocenters. The molecule has 9 heteroatoms. The van der Waals surface area contributed by atoms with Gasteiger partial charge in [-0.25, -0.2) is 9.18 Å². The minimum atomic E-state index is -0.755. The summed E-state index contributed by atoms with van der Waals surface area (Å²) in [6.07, 6.45) is 0.295. The van der Waals surface area contributed by atoms with E-state index in [1.165, 1.54) is 35.5 Å². The lowest BCUT2D eigenvalue weighted by Gasteiger charge is -2.22. The molecule has 1 atom stereocenters. The number of benzene rings is 4. The van der Waals surface area contributed by atoms with Crippen LogP contribution in [0.1, 0.15) is 31.2 Å². The van der Waals surface area contributed by atoms with Crippen LogP contribution in [0.15, 0.2) is 121 Å². The molecule has 5 rings (SSSR count). The molecular formula is C36H31FN2O5S. The monoisotopic (exact) mass is 622 g/mol. The van der Waals surface area contributed by atoms with Crippen LogP contribution in [0.5, 0.6) is 5.75 Å². The summed E-state index contributed by atoms with van der Waals surface area (Å²) in [6, 6.07) is 31.9. The van der Waals surface area contributed by atoms with Gasteiger partial charge in [-0.1, -0.05) is 66.7 Å². The van der Waals surface area contributed by atoms with Crippen molar-refractivity contribution in [3.8, 4) is 5.75 Å². The fraction of sp³-hybridized carbons (Fsp3) is 0.139. The predicted molar refractivity (Wildman–Crippen MR) is 174 cm³/mol. The Hall–Kier alpha value is -5.28. The van der Waals surface area contributed by atoms with Gasteiger partial charge < -0.3 is 19.7 Å². The van der Waals surface area contributed by atoms with Gasteiger partial charge in [0.15, 0.2) is 5.78 Å². The zero-order valence-corrected chi connectivity index (χ0v) is 25.3. The Bertz CT molecular complexity index is 1740. The van der Waals surface area contributed by atoms with E-state index in [-0.39, 0.29) is 24.8 Å². The number of nitrogens with one attached hydrogen (secondary N) is 1. The molecule has 0 saturated heterocycles. The van der Waals surface area contributed by atoms with Crippen molar-refractivity contribution in [1.82, 2.24) is 0 Å². The zero-order valence-electron chi connectivity index (χ0n) is 24.5. The summed E-state index contributed by atoms with van der Waals surface area (Å²) >= 11 is 1.32. The van der Waals surface area contributed by atoms with E-state index in [2.05, 4.69) is 5.32 Å². The average molecular weight is 623 g/mol. The Labute approximate surface area is 264 Å². The first-order valence-electron chi connectivity index (χ1n) is 14.3. The minimum Gasteiger partial charge on any atom is -0.492 e. The number of ketones is 1. The molecule has 5 aromatic rings. The van der Waals surface area contributed by atoms with Gasteiger partial charge in [0, 0.05) is 28.9 Å². The van der Waals surface area contributed by atoms with Gasteiger partial charge in [0.05, 0.1) is 18.5 Å². The molecule has 1 aromatic heterocycles. The molecule has 0 aliphatic rings. The molecule has 1 heterocycles. The van der Waals surface area contributed by atoms with Crippen LogP contribution in [0.4, 0.5) is 15.8 Å². The molecular weight excluding hydrogens is 591 g/mol. The highest BCUT2D eigenvalue weighted by atomic mass is 32.1. The fourth-order valence-corrected chi connectivity index (χ4v) is 5.48. The van der Waals surface area contributed by atoms with E-state index in [1.54, 1.807) is 84.9 Å². The smallest absolute Gasteiger partial charge is 0.328 e. The Kier molecular flexibility index (Phi) is 10.3. The second-order valence-corrected chi connectivity index (χ2v) is 11.0. The Morgan fingerprint density at radius 1 is 0.867 bits per heavy atom. The molecule has 7 nitrogen and oxygen atoms in total. The number of methoxy groups -OCH3 is 1. The number of carbonyl (C=O) groups excluding carboxylic acids is 3. The van der Waals surface area contributed by atoms with Gasteiger partial charge in [-0.15, -0.1) is 11.3 Å². The molecule has 4 aromatic carbocycles. The predicted octanol–water partition coefficient (Wildman–Crippen LogP) is 7.04. The number of halogens is 1. The summed E-state index contributed by atoms with van der Waals surface area (Å²) in [5.74, 6) is -0.716. The second kappa shape index (κ2) is 14.9. The van der Waals surface area contributed by atoms with Gasteiger partial charge in [0.2, 0.25) is 0 Å². The lowest BCUT2D eigenvalue weighted by atomic mass is 10.00. The molecule has 0 aliphatic heterocycles. The highest BCUT2D eigenvalue weighted by molar-refractivity contribution is 7.12. The van der Waals surface area contributed by atoms with E-state index in [0.717, 1.165) is 5.56 Å². The standard InChI is InChI=1S/C36H31FN2O5S/c1-43-36(42)32(38-31-14-6-5-13-30(31)34(40)26-9-3-2-4-10-26)23-25-16-18-29(19-17-25)44-21-20-39(28-12-7-11-27(37)24-28)35(41)33-15-8-22-45-33/h2-19,22,24,32,38H,20-21,23H2,1H3/t32-/m0/s1. The van der Waals surface area contributed by atoms with Crippen LogP contribution in [0.25, 0.3) is 0 Å². The van der Waals surface area contributed by atoms with Gasteiger partial charge in [0.25, 0.3) is 5.91 Å². The number of anilines is 2. The van der Waals surface area contributed by atoms with Crippen LogP contribution in [0.3, 0.4) is 0 Å². The van der Waals surface area contributed by atoms with Crippen molar-refractivity contribution in [2.75, 3.05) is 30.5 Å². The number of amides is 1. The van der Waals surface area contributed by atoms with E-state index in [9.17, 15) is 18.8 Å². The van der Waals surface area contributed by atoms with Crippen LogP contribution in [-0.4, -0.2) is 44.0 Å². The number of hydrogen-bond acceptors (Lipinski definition) is 7. The topological polar surface area (TPSA) is 84.9 Å². The van der Waals surface area contributed by atoms with Gasteiger partial charge in [-0.05, 0) is 59.5 Å². The number of nitrogens with zero attached hydrogens (tertiary/aromatic N) is 1. The van der Waals surface area contributed by atoms with E-state index < -0.39 is 17.8 Å². The first-order valence-corrected chi connectivity index (χ1v) is 15.2. The van der Waals surface area contributed by atoms with Crippen LogP contribution in [0, 0.1) is 5.82 Å².